The monoisotopic (exact) mass is 682 g/mol. The zero-order chi connectivity index (χ0) is 34.6. The van der Waals surface area contributed by atoms with E-state index in [0.717, 1.165) is 27.8 Å². The predicted molar refractivity (Wildman–Crippen MR) is 195 cm³/mol. The molecule has 2 heterocycles. The molecule has 1 aliphatic heterocycles. The third-order valence-electron chi connectivity index (χ3n) is 8.55. The minimum absolute atomic E-state index is 0.162. The number of thiazole rings is 1. The number of aromatic nitrogens is 1. The van der Waals surface area contributed by atoms with Crippen molar-refractivity contribution in [3.8, 4) is 17.2 Å². The molecule has 9 heteroatoms. The fraction of sp³-hybridized carbons (Fsp3) is 0.146. The van der Waals surface area contributed by atoms with E-state index in [-0.39, 0.29) is 17.7 Å². The quantitative estimate of drug-likeness (QED) is 0.150. The average molecular weight is 683 g/mol. The summed E-state index contributed by atoms with van der Waals surface area (Å²) in [5.41, 5.74) is 3.74. The predicted octanol–water partition coefficient (Wildman–Crippen LogP) is 6.69. The lowest BCUT2D eigenvalue weighted by Gasteiger charge is -2.26. The molecule has 0 radical (unpaired) electrons. The van der Waals surface area contributed by atoms with E-state index >= 15 is 0 Å². The van der Waals surface area contributed by atoms with Crippen LogP contribution in [0.5, 0.6) is 17.2 Å². The minimum atomic E-state index is -0.840. The van der Waals surface area contributed by atoms with Gasteiger partial charge in [0.2, 0.25) is 0 Å². The van der Waals surface area contributed by atoms with Crippen LogP contribution in [0.15, 0.2) is 131 Å². The molecule has 0 saturated carbocycles. The van der Waals surface area contributed by atoms with E-state index in [1.54, 1.807) is 37.8 Å². The first kappa shape index (κ1) is 32.6. The Kier molecular flexibility index (Phi) is 9.31. The third-order valence-corrected chi connectivity index (χ3v) is 9.53. The van der Waals surface area contributed by atoms with Gasteiger partial charge in [0.25, 0.3) is 5.56 Å². The SMILES string of the molecule is CCOC(=O)C1=C(c2ccccc2)N=c2s/c(=C\c3ccc(OCc4cccc5ccccc45)cc3)c(=O)n2[C@@H]1c1ccc(OC)c(OC)c1. The molecule has 1 atom stereocenters. The van der Waals surface area contributed by atoms with E-state index in [9.17, 15) is 9.59 Å². The van der Waals surface area contributed by atoms with Crippen LogP contribution >= 0.6 is 11.3 Å². The highest BCUT2D eigenvalue weighted by Crippen LogP contribution is 2.38. The van der Waals surface area contributed by atoms with Gasteiger partial charge in [0, 0.05) is 5.56 Å². The van der Waals surface area contributed by atoms with Crippen molar-refractivity contribution >= 4 is 39.9 Å². The second-order valence-electron chi connectivity index (χ2n) is 11.5. The minimum Gasteiger partial charge on any atom is -0.493 e. The lowest BCUT2D eigenvalue weighted by molar-refractivity contribution is -0.138. The summed E-state index contributed by atoms with van der Waals surface area (Å²) < 4.78 is 24.9. The number of methoxy groups -OCH3 is 2. The van der Waals surface area contributed by atoms with Gasteiger partial charge >= 0.3 is 5.97 Å². The molecular formula is C41H34N2O6S. The highest BCUT2D eigenvalue weighted by Gasteiger charge is 2.35. The molecule has 8 nitrogen and oxygen atoms in total. The molecule has 250 valence electrons. The van der Waals surface area contributed by atoms with Crippen LogP contribution in [0.25, 0.3) is 22.5 Å². The second-order valence-corrected chi connectivity index (χ2v) is 12.6. The topological polar surface area (TPSA) is 88.4 Å². The number of carbonyl (C=O) groups excluding carboxylic acids is 1. The number of rotatable bonds is 10. The number of fused-ring (bicyclic) bond motifs is 2. The Labute approximate surface area is 292 Å². The Bertz CT molecular complexity index is 2410. The van der Waals surface area contributed by atoms with Gasteiger partial charge in [-0.15, -0.1) is 0 Å². The summed E-state index contributed by atoms with van der Waals surface area (Å²) in [7, 11) is 3.10. The summed E-state index contributed by atoms with van der Waals surface area (Å²) in [4.78, 5) is 33.5. The van der Waals surface area contributed by atoms with Gasteiger partial charge in [-0.1, -0.05) is 102 Å². The molecule has 7 rings (SSSR count). The number of hydrogen-bond acceptors (Lipinski definition) is 8. The fourth-order valence-electron chi connectivity index (χ4n) is 6.17. The summed E-state index contributed by atoms with van der Waals surface area (Å²) in [6.07, 6.45) is 1.83. The van der Waals surface area contributed by atoms with Crippen LogP contribution in [0.3, 0.4) is 0 Å². The summed E-state index contributed by atoms with van der Waals surface area (Å²) in [6, 6.07) is 36.1. The Morgan fingerprint density at radius 2 is 1.60 bits per heavy atom. The van der Waals surface area contributed by atoms with Gasteiger partial charge in [0.1, 0.15) is 12.4 Å². The molecule has 1 aliphatic rings. The van der Waals surface area contributed by atoms with Gasteiger partial charge in [-0.05, 0) is 64.7 Å². The molecule has 0 bridgehead atoms. The highest BCUT2D eigenvalue weighted by atomic mass is 32.1. The Morgan fingerprint density at radius 3 is 2.36 bits per heavy atom. The fourth-order valence-corrected chi connectivity index (χ4v) is 7.17. The normalized spacial score (nSPS) is 14.2. The first-order valence-electron chi connectivity index (χ1n) is 16.2. The van der Waals surface area contributed by atoms with E-state index in [4.69, 9.17) is 23.9 Å². The number of ether oxygens (including phenoxy) is 4. The van der Waals surface area contributed by atoms with Crippen LogP contribution in [0.4, 0.5) is 0 Å². The van der Waals surface area contributed by atoms with Gasteiger partial charge in [-0.25, -0.2) is 9.79 Å². The van der Waals surface area contributed by atoms with E-state index in [1.807, 2.05) is 84.9 Å². The van der Waals surface area contributed by atoms with E-state index in [2.05, 4.69) is 24.3 Å². The largest absolute Gasteiger partial charge is 0.493 e. The molecule has 0 N–H and O–H groups in total. The van der Waals surface area contributed by atoms with Crippen molar-refractivity contribution < 1.29 is 23.7 Å². The maximum Gasteiger partial charge on any atom is 0.338 e. The third kappa shape index (κ3) is 6.31. The maximum atomic E-state index is 14.3. The number of hydrogen-bond donors (Lipinski definition) is 0. The second kappa shape index (κ2) is 14.3. The molecular weight excluding hydrogens is 649 g/mol. The standard InChI is InChI=1S/C41H34N2O6S/c1-4-48-40(45)36-37(28-12-6-5-7-13-28)42-41-43(38(36)29-19-22-33(46-2)34(24-29)47-3)39(44)35(50-41)23-26-17-20-31(21-18-26)49-25-30-15-10-14-27-11-8-9-16-32(27)30/h5-24,38H,4,25H2,1-3H3/b35-23-/t38-/m1/s1. The lowest BCUT2D eigenvalue weighted by Crippen LogP contribution is -2.40. The Balaban J connectivity index is 1.30. The first-order chi connectivity index (χ1) is 24.5. The molecule has 0 fully saturated rings. The van der Waals surface area contributed by atoms with Crippen LogP contribution in [-0.2, 0) is 16.1 Å². The number of carbonyl (C=O) groups is 1. The van der Waals surface area contributed by atoms with E-state index < -0.39 is 12.0 Å². The highest BCUT2D eigenvalue weighted by molar-refractivity contribution is 7.07. The van der Waals surface area contributed by atoms with Crippen molar-refractivity contribution in [2.24, 2.45) is 4.99 Å². The van der Waals surface area contributed by atoms with Crippen molar-refractivity contribution in [2.45, 2.75) is 19.6 Å². The Morgan fingerprint density at radius 1 is 0.860 bits per heavy atom. The lowest BCUT2D eigenvalue weighted by atomic mass is 9.93. The van der Waals surface area contributed by atoms with Gasteiger partial charge in [-0.2, -0.15) is 0 Å². The van der Waals surface area contributed by atoms with Crippen LogP contribution in [0.2, 0.25) is 0 Å². The van der Waals surface area contributed by atoms with Gasteiger partial charge in [-0.3, -0.25) is 9.36 Å². The van der Waals surface area contributed by atoms with Crippen molar-refractivity contribution in [2.75, 3.05) is 20.8 Å². The molecule has 0 unspecified atom stereocenters. The van der Waals surface area contributed by atoms with Gasteiger partial charge < -0.3 is 18.9 Å². The van der Waals surface area contributed by atoms with Crippen molar-refractivity contribution in [1.29, 1.82) is 0 Å². The zero-order valence-corrected chi connectivity index (χ0v) is 28.6. The molecule has 0 aliphatic carbocycles. The summed E-state index contributed by atoms with van der Waals surface area (Å²) in [5, 5.41) is 2.33. The molecule has 0 amide bonds. The number of benzene rings is 5. The van der Waals surface area contributed by atoms with Crippen molar-refractivity contribution in [1.82, 2.24) is 4.57 Å². The Hall–Kier alpha value is -5.93. The van der Waals surface area contributed by atoms with Crippen LogP contribution in [-0.4, -0.2) is 31.4 Å². The van der Waals surface area contributed by atoms with Gasteiger partial charge in [0.05, 0.1) is 42.7 Å². The number of esters is 1. The molecule has 0 spiro atoms. The molecule has 6 aromatic rings. The van der Waals surface area contributed by atoms with Crippen LogP contribution < -0.4 is 29.1 Å². The maximum absolute atomic E-state index is 14.3. The summed E-state index contributed by atoms with van der Waals surface area (Å²) >= 11 is 1.27. The van der Waals surface area contributed by atoms with Crippen molar-refractivity contribution in [3.05, 3.63) is 163 Å². The molecule has 50 heavy (non-hydrogen) atoms. The van der Waals surface area contributed by atoms with Crippen molar-refractivity contribution in [3.63, 3.8) is 0 Å². The molecule has 5 aromatic carbocycles. The average Bonchev–Trinajstić information content (AvgIpc) is 3.47. The summed E-state index contributed by atoms with van der Waals surface area (Å²) in [6.45, 7) is 2.35. The molecule has 0 saturated heterocycles. The first-order valence-corrected chi connectivity index (χ1v) is 17.0. The van der Waals surface area contributed by atoms with Crippen LogP contribution in [0, 0.1) is 0 Å². The van der Waals surface area contributed by atoms with E-state index in [0.29, 0.717) is 38.7 Å². The summed E-state index contributed by atoms with van der Waals surface area (Å²) in [5.74, 6) is 1.16. The van der Waals surface area contributed by atoms with Crippen LogP contribution in [0.1, 0.15) is 35.2 Å². The number of nitrogens with zero attached hydrogens (tertiary/aromatic N) is 2. The molecule has 1 aromatic heterocycles. The van der Waals surface area contributed by atoms with E-state index in [1.165, 1.54) is 16.7 Å². The van der Waals surface area contributed by atoms with Gasteiger partial charge in [0.15, 0.2) is 16.3 Å². The zero-order valence-electron chi connectivity index (χ0n) is 27.8. The smallest absolute Gasteiger partial charge is 0.338 e.